The van der Waals surface area contributed by atoms with Crippen molar-refractivity contribution in [3.8, 4) is 5.75 Å². The first-order valence-electron chi connectivity index (χ1n) is 5.70. The lowest BCUT2D eigenvalue weighted by Crippen LogP contribution is -2.25. The number of primary sulfonamides is 1. The third-order valence-corrected chi connectivity index (χ3v) is 3.45. The summed E-state index contributed by atoms with van der Waals surface area (Å²) in [6, 6.07) is 3.47. The second-order valence-electron chi connectivity index (χ2n) is 3.98. The van der Waals surface area contributed by atoms with Crippen LogP contribution < -0.4 is 9.88 Å². The normalized spacial score (nSPS) is 12.4. The SMILES string of the molecule is COC(=O)[C@@H](C)OC(=O)c1cc(S(N)(=O)=O)ccc1OC. The fourth-order valence-electron chi connectivity index (χ4n) is 1.46. The Hall–Kier alpha value is -2.13. The van der Waals surface area contributed by atoms with Crippen LogP contribution in [0.3, 0.4) is 0 Å². The van der Waals surface area contributed by atoms with Crippen molar-refractivity contribution in [1.82, 2.24) is 0 Å². The molecule has 1 atom stereocenters. The Balaban J connectivity index is 3.15. The van der Waals surface area contributed by atoms with E-state index in [9.17, 15) is 18.0 Å². The van der Waals surface area contributed by atoms with Crippen LogP contribution in [0.4, 0.5) is 0 Å². The van der Waals surface area contributed by atoms with Crippen molar-refractivity contribution in [2.24, 2.45) is 5.14 Å². The molecule has 9 heteroatoms. The lowest BCUT2D eigenvalue weighted by Gasteiger charge is -2.13. The molecule has 0 aliphatic carbocycles. The van der Waals surface area contributed by atoms with E-state index >= 15 is 0 Å². The highest BCUT2D eigenvalue weighted by atomic mass is 32.2. The summed E-state index contributed by atoms with van der Waals surface area (Å²) in [4.78, 5) is 22.9. The molecule has 21 heavy (non-hydrogen) atoms. The van der Waals surface area contributed by atoms with Crippen LogP contribution in [0.1, 0.15) is 17.3 Å². The van der Waals surface area contributed by atoms with Crippen molar-refractivity contribution in [3.05, 3.63) is 23.8 Å². The summed E-state index contributed by atoms with van der Waals surface area (Å²) in [7, 11) is -1.54. The summed E-state index contributed by atoms with van der Waals surface area (Å²) in [6.07, 6.45) is -1.15. The summed E-state index contributed by atoms with van der Waals surface area (Å²) >= 11 is 0. The van der Waals surface area contributed by atoms with E-state index in [1.165, 1.54) is 26.2 Å². The van der Waals surface area contributed by atoms with Crippen molar-refractivity contribution < 1.29 is 32.2 Å². The largest absolute Gasteiger partial charge is 0.496 e. The second-order valence-corrected chi connectivity index (χ2v) is 5.54. The third kappa shape index (κ3) is 4.17. The van der Waals surface area contributed by atoms with Gasteiger partial charge < -0.3 is 14.2 Å². The molecule has 0 aliphatic rings. The molecular formula is C12H15NO7S. The average Bonchev–Trinajstić information content (AvgIpc) is 2.44. The maximum atomic E-state index is 12.0. The molecule has 116 valence electrons. The van der Waals surface area contributed by atoms with Crippen molar-refractivity contribution in [3.63, 3.8) is 0 Å². The Morgan fingerprint density at radius 3 is 2.33 bits per heavy atom. The number of benzene rings is 1. The van der Waals surface area contributed by atoms with Gasteiger partial charge in [0.1, 0.15) is 11.3 Å². The lowest BCUT2D eigenvalue weighted by molar-refractivity contribution is -0.149. The molecular weight excluding hydrogens is 302 g/mol. The number of hydrogen-bond acceptors (Lipinski definition) is 7. The van der Waals surface area contributed by atoms with Crippen LogP contribution in [0.15, 0.2) is 23.1 Å². The average molecular weight is 317 g/mol. The van der Waals surface area contributed by atoms with Crippen LogP contribution in [-0.4, -0.2) is 40.7 Å². The first-order chi connectivity index (χ1) is 9.70. The zero-order valence-electron chi connectivity index (χ0n) is 11.7. The number of rotatable bonds is 5. The lowest BCUT2D eigenvalue weighted by atomic mass is 10.2. The van der Waals surface area contributed by atoms with E-state index in [2.05, 4.69) is 4.74 Å². The van der Waals surface area contributed by atoms with Gasteiger partial charge >= 0.3 is 11.9 Å². The molecule has 0 saturated heterocycles. The Morgan fingerprint density at radius 1 is 1.24 bits per heavy atom. The number of hydrogen-bond donors (Lipinski definition) is 1. The van der Waals surface area contributed by atoms with E-state index < -0.39 is 28.1 Å². The van der Waals surface area contributed by atoms with Gasteiger partial charge in [0, 0.05) is 0 Å². The molecule has 1 aromatic carbocycles. The third-order valence-electron chi connectivity index (χ3n) is 2.54. The van der Waals surface area contributed by atoms with Gasteiger partial charge in [0.25, 0.3) is 0 Å². The summed E-state index contributed by atoms with van der Waals surface area (Å²) < 4.78 is 36.8. The minimum absolute atomic E-state index is 0.0875. The smallest absolute Gasteiger partial charge is 0.346 e. The van der Waals surface area contributed by atoms with E-state index in [1.54, 1.807) is 0 Å². The van der Waals surface area contributed by atoms with Gasteiger partial charge in [-0.1, -0.05) is 0 Å². The number of esters is 2. The molecule has 0 bridgehead atoms. The molecule has 0 saturated carbocycles. The number of methoxy groups -OCH3 is 2. The van der Waals surface area contributed by atoms with Crippen LogP contribution in [0, 0.1) is 0 Å². The Bertz CT molecular complexity index is 654. The molecule has 0 heterocycles. The zero-order valence-corrected chi connectivity index (χ0v) is 12.5. The molecule has 0 aromatic heterocycles. The second kappa shape index (κ2) is 6.55. The van der Waals surface area contributed by atoms with Crippen LogP contribution in [0.5, 0.6) is 5.75 Å². The molecule has 0 amide bonds. The molecule has 0 fully saturated rings. The van der Waals surface area contributed by atoms with Crippen molar-refractivity contribution in [2.75, 3.05) is 14.2 Å². The van der Waals surface area contributed by atoms with E-state index in [-0.39, 0.29) is 16.2 Å². The summed E-state index contributed by atoms with van der Waals surface area (Å²) in [5, 5.41) is 4.99. The van der Waals surface area contributed by atoms with Gasteiger partial charge in [-0.15, -0.1) is 0 Å². The van der Waals surface area contributed by atoms with E-state index in [0.717, 1.165) is 13.2 Å². The Morgan fingerprint density at radius 2 is 1.86 bits per heavy atom. The molecule has 0 radical (unpaired) electrons. The van der Waals surface area contributed by atoms with Crippen molar-refractivity contribution in [1.29, 1.82) is 0 Å². The predicted octanol–water partition coefficient (Wildman–Crippen LogP) is 0.0609. The molecule has 2 N–H and O–H groups in total. The Labute approximate surface area is 121 Å². The Kier molecular flexibility index (Phi) is 5.28. The maximum Gasteiger partial charge on any atom is 0.346 e. The molecule has 0 aliphatic heterocycles. The summed E-state index contributed by atoms with van der Waals surface area (Å²) in [5.41, 5.74) is -0.167. The van der Waals surface area contributed by atoms with Crippen LogP contribution in [0.25, 0.3) is 0 Å². The monoisotopic (exact) mass is 317 g/mol. The quantitative estimate of drug-likeness (QED) is 0.762. The molecule has 8 nitrogen and oxygen atoms in total. The van der Waals surface area contributed by atoms with Crippen LogP contribution in [-0.2, 0) is 24.3 Å². The van der Waals surface area contributed by atoms with Gasteiger partial charge in [0.2, 0.25) is 10.0 Å². The minimum Gasteiger partial charge on any atom is -0.496 e. The van der Waals surface area contributed by atoms with E-state index in [1.807, 2.05) is 0 Å². The maximum absolute atomic E-state index is 12.0. The minimum atomic E-state index is -3.99. The first-order valence-corrected chi connectivity index (χ1v) is 7.25. The van der Waals surface area contributed by atoms with E-state index in [0.29, 0.717) is 0 Å². The van der Waals surface area contributed by atoms with Gasteiger partial charge in [-0.2, -0.15) is 0 Å². The topological polar surface area (TPSA) is 122 Å². The van der Waals surface area contributed by atoms with E-state index in [4.69, 9.17) is 14.6 Å². The first kappa shape index (κ1) is 16.9. The highest BCUT2D eigenvalue weighted by Crippen LogP contribution is 2.23. The summed E-state index contributed by atoms with van der Waals surface area (Å²) in [6.45, 7) is 1.32. The summed E-state index contributed by atoms with van der Waals surface area (Å²) in [5.74, 6) is -1.59. The molecule has 0 spiro atoms. The number of ether oxygens (including phenoxy) is 3. The highest BCUT2D eigenvalue weighted by Gasteiger charge is 2.23. The predicted molar refractivity (Wildman–Crippen MR) is 71.3 cm³/mol. The molecule has 1 aromatic rings. The van der Waals surface area contributed by atoms with Gasteiger partial charge in [0.15, 0.2) is 6.10 Å². The van der Waals surface area contributed by atoms with Crippen molar-refractivity contribution in [2.45, 2.75) is 17.9 Å². The van der Waals surface area contributed by atoms with Crippen molar-refractivity contribution >= 4 is 22.0 Å². The number of carbonyl (C=O) groups excluding carboxylic acids is 2. The standard InChI is InChI=1S/C12H15NO7S/c1-7(11(14)19-3)20-12(15)9-6-8(21(13,16)17)4-5-10(9)18-2/h4-7H,1-3H3,(H2,13,16,17)/t7-/m1/s1. The van der Waals surface area contributed by atoms with Gasteiger partial charge in [0.05, 0.1) is 19.1 Å². The molecule has 1 rings (SSSR count). The highest BCUT2D eigenvalue weighted by molar-refractivity contribution is 7.89. The number of carbonyl (C=O) groups is 2. The fourth-order valence-corrected chi connectivity index (χ4v) is 2.00. The fraction of sp³-hybridized carbons (Fsp3) is 0.333. The zero-order chi connectivity index (χ0) is 16.2. The molecule has 0 unspecified atom stereocenters. The van der Waals surface area contributed by atoms with Crippen LogP contribution >= 0.6 is 0 Å². The van der Waals surface area contributed by atoms with Gasteiger partial charge in [-0.25, -0.2) is 23.1 Å². The number of sulfonamides is 1. The van der Waals surface area contributed by atoms with Gasteiger partial charge in [-0.3, -0.25) is 0 Å². The van der Waals surface area contributed by atoms with Gasteiger partial charge in [-0.05, 0) is 25.1 Å². The van der Waals surface area contributed by atoms with Crippen LogP contribution in [0.2, 0.25) is 0 Å². The number of nitrogens with two attached hydrogens (primary N) is 1.